The van der Waals surface area contributed by atoms with E-state index in [4.69, 9.17) is 0 Å². The van der Waals surface area contributed by atoms with Crippen LogP contribution in [-0.4, -0.2) is 21.5 Å². The molecule has 1 aliphatic heterocycles. The van der Waals surface area contributed by atoms with Crippen LogP contribution in [0.25, 0.3) is 0 Å². The SMILES string of the molecule is CCNS(=O)(=O)Nc1ccc2c(c1)CCN2. The largest absolute Gasteiger partial charge is 0.384 e. The first-order valence-electron chi connectivity index (χ1n) is 5.25. The number of anilines is 2. The Morgan fingerprint density at radius 3 is 3.00 bits per heavy atom. The van der Waals surface area contributed by atoms with Gasteiger partial charge in [0.1, 0.15) is 0 Å². The molecule has 1 aromatic rings. The molecule has 6 heteroatoms. The molecule has 2 rings (SSSR count). The molecule has 0 amide bonds. The zero-order chi connectivity index (χ0) is 11.6. The van der Waals surface area contributed by atoms with E-state index >= 15 is 0 Å². The van der Waals surface area contributed by atoms with E-state index in [1.165, 1.54) is 0 Å². The summed E-state index contributed by atoms with van der Waals surface area (Å²) in [4.78, 5) is 0. The molecular formula is C10H15N3O2S. The Morgan fingerprint density at radius 2 is 2.25 bits per heavy atom. The van der Waals surface area contributed by atoms with Crippen molar-refractivity contribution in [2.24, 2.45) is 0 Å². The van der Waals surface area contributed by atoms with E-state index in [9.17, 15) is 8.42 Å². The molecule has 0 spiro atoms. The van der Waals surface area contributed by atoms with Crippen LogP contribution in [0.2, 0.25) is 0 Å². The van der Waals surface area contributed by atoms with Gasteiger partial charge in [0.15, 0.2) is 0 Å². The van der Waals surface area contributed by atoms with E-state index in [1.807, 2.05) is 12.1 Å². The molecule has 3 N–H and O–H groups in total. The summed E-state index contributed by atoms with van der Waals surface area (Å²) in [5.74, 6) is 0. The van der Waals surface area contributed by atoms with Gasteiger partial charge in [-0.1, -0.05) is 6.92 Å². The molecule has 5 nitrogen and oxygen atoms in total. The minimum Gasteiger partial charge on any atom is -0.384 e. The van der Waals surface area contributed by atoms with E-state index in [0.717, 1.165) is 24.2 Å². The highest BCUT2D eigenvalue weighted by Crippen LogP contribution is 2.25. The second-order valence-electron chi connectivity index (χ2n) is 3.65. The van der Waals surface area contributed by atoms with Gasteiger partial charge in [0.05, 0.1) is 5.69 Å². The van der Waals surface area contributed by atoms with Crippen molar-refractivity contribution in [1.82, 2.24) is 4.72 Å². The lowest BCUT2D eigenvalue weighted by atomic mass is 10.1. The van der Waals surface area contributed by atoms with Crippen LogP contribution in [-0.2, 0) is 16.6 Å². The Morgan fingerprint density at radius 1 is 1.44 bits per heavy atom. The van der Waals surface area contributed by atoms with Crippen molar-refractivity contribution in [3.05, 3.63) is 23.8 Å². The van der Waals surface area contributed by atoms with Crippen molar-refractivity contribution in [3.8, 4) is 0 Å². The predicted octanol–water partition coefficient (Wildman–Crippen LogP) is 0.921. The van der Waals surface area contributed by atoms with Gasteiger partial charge in [-0.05, 0) is 30.2 Å². The summed E-state index contributed by atoms with van der Waals surface area (Å²) in [6.45, 7) is 3.03. The van der Waals surface area contributed by atoms with Gasteiger partial charge in [0.25, 0.3) is 10.2 Å². The van der Waals surface area contributed by atoms with Gasteiger partial charge in [-0.2, -0.15) is 13.1 Å². The molecule has 1 heterocycles. The topological polar surface area (TPSA) is 70.2 Å². The molecule has 1 aliphatic rings. The second kappa shape index (κ2) is 4.31. The Balaban J connectivity index is 2.17. The Kier molecular flexibility index (Phi) is 3.02. The molecule has 0 saturated carbocycles. The van der Waals surface area contributed by atoms with E-state index < -0.39 is 10.2 Å². The molecule has 0 aliphatic carbocycles. The van der Waals surface area contributed by atoms with Gasteiger partial charge < -0.3 is 5.32 Å². The first-order valence-corrected chi connectivity index (χ1v) is 6.73. The maximum absolute atomic E-state index is 11.5. The van der Waals surface area contributed by atoms with Crippen molar-refractivity contribution < 1.29 is 8.42 Å². The summed E-state index contributed by atoms with van der Waals surface area (Å²) < 4.78 is 27.8. The summed E-state index contributed by atoms with van der Waals surface area (Å²) in [7, 11) is -3.42. The summed E-state index contributed by atoms with van der Waals surface area (Å²) in [6, 6.07) is 5.52. The molecule has 0 bridgehead atoms. The molecular weight excluding hydrogens is 226 g/mol. The van der Waals surface area contributed by atoms with Crippen molar-refractivity contribution in [3.63, 3.8) is 0 Å². The Labute approximate surface area is 95.4 Å². The lowest BCUT2D eigenvalue weighted by molar-refractivity contribution is 0.589. The zero-order valence-electron chi connectivity index (χ0n) is 9.08. The van der Waals surface area contributed by atoms with Crippen LogP contribution in [0, 0.1) is 0 Å². The monoisotopic (exact) mass is 241 g/mol. The molecule has 16 heavy (non-hydrogen) atoms. The predicted molar refractivity (Wildman–Crippen MR) is 64.9 cm³/mol. The fourth-order valence-corrected chi connectivity index (χ4v) is 2.64. The summed E-state index contributed by atoms with van der Waals surface area (Å²) in [6.07, 6.45) is 0.937. The highest BCUT2D eigenvalue weighted by atomic mass is 32.2. The van der Waals surface area contributed by atoms with Crippen LogP contribution in [0.15, 0.2) is 18.2 Å². The van der Waals surface area contributed by atoms with E-state index in [-0.39, 0.29) is 0 Å². The average molecular weight is 241 g/mol. The fourth-order valence-electron chi connectivity index (χ4n) is 1.75. The number of hydrogen-bond acceptors (Lipinski definition) is 3. The number of hydrogen-bond donors (Lipinski definition) is 3. The normalized spacial score (nSPS) is 14.3. The van der Waals surface area contributed by atoms with Crippen LogP contribution in [0.1, 0.15) is 12.5 Å². The first-order chi connectivity index (χ1) is 7.61. The van der Waals surface area contributed by atoms with E-state index in [1.54, 1.807) is 13.0 Å². The van der Waals surface area contributed by atoms with Crippen molar-refractivity contribution in [1.29, 1.82) is 0 Å². The standard InChI is InChI=1S/C10H15N3O2S/c1-2-12-16(14,15)13-9-3-4-10-8(7-9)5-6-11-10/h3-4,7,11-13H,2,5-6H2,1H3. The van der Waals surface area contributed by atoms with E-state index in [0.29, 0.717) is 12.2 Å². The third-order valence-corrected chi connectivity index (χ3v) is 3.57. The summed E-state index contributed by atoms with van der Waals surface area (Å²) >= 11 is 0. The fraction of sp³-hybridized carbons (Fsp3) is 0.400. The Bertz CT molecular complexity index is 485. The molecule has 0 fully saturated rings. The maximum atomic E-state index is 11.5. The van der Waals surface area contributed by atoms with Gasteiger partial charge in [-0.3, -0.25) is 4.72 Å². The van der Waals surface area contributed by atoms with Crippen LogP contribution < -0.4 is 14.8 Å². The van der Waals surface area contributed by atoms with Gasteiger partial charge in [0, 0.05) is 18.8 Å². The molecule has 1 aromatic carbocycles. The molecule has 0 aromatic heterocycles. The van der Waals surface area contributed by atoms with Crippen LogP contribution in [0.4, 0.5) is 11.4 Å². The third-order valence-electron chi connectivity index (χ3n) is 2.40. The highest BCUT2D eigenvalue weighted by Gasteiger charge is 2.12. The molecule has 0 radical (unpaired) electrons. The lowest BCUT2D eigenvalue weighted by Crippen LogP contribution is -2.29. The van der Waals surface area contributed by atoms with Crippen molar-refractivity contribution in [2.75, 3.05) is 23.1 Å². The summed E-state index contributed by atoms with van der Waals surface area (Å²) in [5, 5.41) is 3.22. The minimum absolute atomic E-state index is 0.377. The second-order valence-corrected chi connectivity index (χ2v) is 5.15. The maximum Gasteiger partial charge on any atom is 0.299 e. The van der Waals surface area contributed by atoms with Crippen molar-refractivity contribution >= 4 is 21.6 Å². The van der Waals surface area contributed by atoms with E-state index in [2.05, 4.69) is 14.8 Å². The number of fused-ring (bicyclic) bond motifs is 1. The quantitative estimate of drug-likeness (QED) is 0.734. The van der Waals surface area contributed by atoms with Gasteiger partial charge in [-0.15, -0.1) is 0 Å². The zero-order valence-corrected chi connectivity index (χ0v) is 9.89. The number of rotatable bonds is 4. The van der Waals surface area contributed by atoms with Crippen LogP contribution in [0.5, 0.6) is 0 Å². The lowest BCUT2D eigenvalue weighted by Gasteiger charge is -2.09. The molecule has 0 atom stereocenters. The van der Waals surface area contributed by atoms with Crippen LogP contribution >= 0.6 is 0 Å². The third kappa shape index (κ3) is 2.45. The number of nitrogens with one attached hydrogen (secondary N) is 3. The highest BCUT2D eigenvalue weighted by molar-refractivity contribution is 7.90. The van der Waals surface area contributed by atoms with Gasteiger partial charge in [0.2, 0.25) is 0 Å². The van der Waals surface area contributed by atoms with Gasteiger partial charge >= 0.3 is 0 Å². The smallest absolute Gasteiger partial charge is 0.299 e. The molecule has 0 unspecified atom stereocenters. The number of benzene rings is 1. The first kappa shape index (κ1) is 11.2. The van der Waals surface area contributed by atoms with Crippen molar-refractivity contribution in [2.45, 2.75) is 13.3 Å². The van der Waals surface area contributed by atoms with Crippen LogP contribution in [0.3, 0.4) is 0 Å². The minimum atomic E-state index is -3.42. The average Bonchev–Trinajstić information content (AvgIpc) is 2.63. The Hall–Kier alpha value is -1.27. The summed E-state index contributed by atoms with van der Waals surface area (Å²) in [5.41, 5.74) is 2.84. The molecule has 88 valence electrons. The molecule has 0 saturated heterocycles. The van der Waals surface area contributed by atoms with Gasteiger partial charge in [-0.25, -0.2) is 0 Å².